The zero-order valence-electron chi connectivity index (χ0n) is 13.3. The fraction of sp³-hybridized carbons (Fsp3) is 0.235. The smallest absolute Gasteiger partial charge is 0.238 e. The molecule has 0 radical (unpaired) electrons. The van der Waals surface area contributed by atoms with Crippen LogP contribution in [0.25, 0.3) is 0 Å². The molecular weight excluding hydrogens is 344 g/mol. The Labute approximate surface area is 146 Å². The molecule has 0 bridgehead atoms. The van der Waals surface area contributed by atoms with Gasteiger partial charge in [0.15, 0.2) is 0 Å². The number of nitrogens with two attached hydrogens (primary N) is 1. The van der Waals surface area contributed by atoms with Crippen LogP contribution >= 0.6 is 11.8 Å². The molecule has 0 saturated heterocycles. The first-order chi connectivity index (χ1) is 11.4. The lowest BCUT2D eigenvalue weighted by atomic mass is 10.2. The lowest BCUT2D eigenvalue weighted by Gasteiger charge is -2.15. The molecular formula is C17H20N2O3S2. The van der Waals surface area contributed by atoms with Crippen molar-refractivity contribution in [2.24, 2.45) is 5.14 Å². The van der Waals surface area contributed by atoms with Crippen molar-refractivity contribution in [2.45, 2.75) is 29.2 Å². The molecule has 7 heteroatoms. The van der Waals surface area contributed by atoms with Gasteiger partial charge in [-0.05, 0) is 36.2 Å². The van der Waals surface area contributed by atoms with E-state index in [2.05, 4.69) is 5.32 Å². The number of carbonyl (C=O) groups excluding carboxylic acids is 1. The van der Waals surface area contributed by atoms with E-state index >= 15 is 0 Å². The van der Waals surface area contributed by atoms with Crippen LogP contribution in [-0.4, -0.2) is 19.6 Å². The standard InChI is InChI=1S/C17H20N2O3S2/c1-2-16(23-12-13-6-4-3-5-7-13)17(20)19-14-8-10-15(11-9-14)24(18,21)22/h3-11,16H,2,12H2,1H3,(H,19,20)(H2,18,21,22). The molecule has 0 aliphatic heterocycles. The van der Waals surface area contributed by atoms with E-state index in [0.29, 0.717) is 12.1 Å². The summed E-state index contributed by atoms with van der Waals surface area (Å²) in [5.74, 6) is 0.665. The lowest BCUT2D eigenvalue weighted by Crippen LogP contribution is -2.24. The van der Waals surface area contributed by atoms with Crippen LogP contribution in [0.3, 0.4) is 0 Å². The van der Waals surface area contributed by atoms with Crippen molar-refractivity contribution in [1.82, 2.24) is 0 Å². The summed E-state index contributed by atoms with van der Waals surface area (Å²) >= 11 is 1.58. The van der Waals surface area contributed by atoms with E-state index in [1.54, 1.807) is 11.8 Å². The predicted molar refractivity (Wildman–Crippen MR) is 98.3 cm³/mol. The summed E-state index contributed by atoms with van der Waals surface area (Å²) in [4.78, 5) is 12.4. The van der Waals surface area contributed by atoms with Crippen LogP contribution in [-0.2, 0) is 20.6 Å². The molecule has 0 heterocycles. The average molecular weight is 364 g/mol. The molecule has 1 amide bonds. The van der Waals surface area contributed by atoms with Gasteiger partial charge < -0.3 is 5.32 Å². The van der Waals surface area contributed by atoms with Gasteiger partial charge in [0, 0.05) is 11.4 Å². The number of rotatable bonds is 7. The second-order valence-electron chi connectivity index (χ2n) is 5.25. The second kappa shape index (κ2) is 8.32. The number of benzene rings is 2. The third kappa shape index (κ3) is 5.36. The highest BCUT2D eigenvalue weighted by atomic mass is 32.2. The minimum absolute atomic E-state index is 0.0194. The van der Waals surface area contributed by atoms with Crippen LogP contribution in [0.1, 0.15) is 18.9 Å². The molecule has 24 heavy (non-hydrogen) atoms. The van der Waals surface area contributed by atoms with Crippen LogP contribution in [0.2, 0.25) is 0 Å². The van der Waals surface area contributed by atoms with E-state index in [1.807, 2.05) is 37.3 Å². The number of hydrogen-bond acceptors (Lipinski definition) is 4. The Balaban J connectivity index is 1.96. The molecule has 0 aliphatic carbocycles. The Kier molecular flexibility index (Phi) is 6.42. The van der Waals surface area contributed by atoms with Gasteiger partial charge in [0.05, 0.1) is 10.1 Å². The Morgan fingerprint density at radius 3 is 2.29 bits per heavy atom. The van der Waals surface area contributed by atoms with E-state index < -0.39 is 10.0 Å². The molecule has 2 aromatic carbocycles. The van der Waals surface area contributed by atoms with Crippen LogP contribution in [0, 0.1) is 0 Å². The SMILES string of the molecule is CCC(SCc1ccccc1)C(=O)Nc1ccc(S(N)(=O)=O)cc1. The monoisotopic (exact) mass is 364 g/mol. The predicted octanol–water partition coefficient (Wildman–Crippen LogP) is 2.98. The maximum absolute atomic E-state index is 12.4. The third-order valence-corrected chi connectivity index (χ3v) is 5.79. The highest BCUT2D eigenvalue weighted by Gasteiger charge is 2.17. The van der Waals surface area contributed by atoms with E-state index in [1.165, 1.54) is 29.8 Å². The Morgan fingerprint density at radius 2 is 1.75 bits per heavy atom. The fourth-order valence-electron chi connectivity index (χ4n) is 2.10. The molecule has 0 fully saturated rings. The normalized spacial score (nSPS) is 12.6. The molecule has 1 unspecified atom stereocenters. The van der Waals surface area contributed by atoms with E-state index in [-0.39, 0.29) is 16.1 Å². The van der Waals surface area contributed by atoms with E-state index in [4.69, 9.17) is 5.14 Å². The summed E-state index contributed by atoms with van der Waals surface area (Å²) < 4.78 is 22.5. The highest BCUT2D eigenvalue weighted by Crippen LogP contribution is 2.22. The number of anilines is 1. The molecule has 0 spiro atoms. The third-order valence-electron chi connectivity index (χ3n) is 3.41. The van der Waals surface area contributed by atoms with Gasteiger partial charge in [-0.25, -0.2) is 13.6 Å². The minimum Gasteiger partial charge on any atom is -0.325 e. The quantitative estimate of drug-likeness (QED) is 0.790. The van der Waals surface area contributed by atoms with E-state index in [9.17, 15) is 13.2 Å². The van der Waals surface area contributed by atoms with Crippen LogP contribution in [0.5, 0.6) is 0 Å². The first kappa shape index (κ1) is 18.5. The summed E-state index contributed by atoms with van der Waals surface area (Å²) in [6.07, 6.45) is 0.707. The number of hydrogen-bond donors (Lipinski definition) is 2. The summed E-state index contributed by atoms with van der Waals surface area (Å²) in [5.41, 5.74) is 1.72. The summed E-state index contributed by atoms with van der Waals surface area (Å²) in [6.45, 7) is 1.96. The van der Waals surface area contributed by atoms with Crippen molar-refractivity contribution in [1.29, 1.82) is 0 Å². The first-order valence-corrected chi connectivity index (χ1v) is 10.1. The topological polar surface area (TPSA) is 89.3 Å². The van der Waals surface area contributed by atoms with Crippen molar-refractivity contribution >= 4 is 33.4 Å². The number of thioether (sulfide) groups is 1. The molecule has 0 saturated carbocycles. The summed E-state index contributed by atoms with van der Waals surface area (Å²) in [7, 11) is -3.73. The lowest BCUT2D eigenvalue weighted by molar-refractivity contribution is -0.115. The van der Waals surface area contributed by atoms with Crippen molar-refractivity contribution < 1.29 is 13.2 Å². The van der Waals surface area contributed by atoms with Gasteiger partial charge in [-0.3, -0.25) is 4.79 Å². The Bertz CT molecular complexity index is 775. The number of amides is 1. The Morgan fingerprint density at radius 1 is 1.12 bits per heavy atom. The van der Waals surface area contributed by atoms with Crippen molar-refractivity contribution in [3.8, 4) is 0 Å². The van der Waals surface area contributed by atoms with Gasteiger partial charge in [0.1, 0.15) is 0 Å². The first-order valence-electron chi connectivity index (χ1n) is 7.49. The molecule has 2 aromatic rings. The molecule has 1 atom stereocenters. The minimum atomic E-state index is -3.73. The van der Waals surface area contributed by atoms with Gasteiger partial charge in [-0.15, -0.1) is 11.8 Å². The highest BCUT2D eigenvalue weighted by molar-refractivity contribution is 7.99. The van der Waals surface area contributed by atoms with Gasteiger partial charge in [0.25, 0.3) is 0 Å². The number of primary sulfonamides is 1. The summed E-state index contributed by atoms with van der Waals surface area (Å²) in [5, 5.41) is 7.69. The molecule has 3 N–H and O–H groups in total. The van der Waals surface area contributed by atoms with Gasteiger partial charge >= 0.3 is 0 Å². The molecule has 5 nitrogen and oxygen atoms in total. The van der Waals surface area contributed by atoms with Gasteiger partial charge in [-0.2, -0.15) is 0 Å². The molecule has 2 rings (SSSR count). The van der Waals surface area contributed by atoms with Crippen molar-refractivity contribution in [3.63, 3.8) is 0 Å². The molecule has 128 valence electrons. The summed E-state index contributed by atoms with van der Waals surface area (Å²) in [6, 6.07) is 15.8. The maximum atomic E-state index is 12.4. The average Bonchev–Trinajstić information content (AvgIpc) is 2.56. The van der Waals surface area contributed by atoms with Gasteiger partial charge in [0.2, 0.25) is 15.9 Å². The van der Waals surface area contributed by atoms with Crippen LogP contribution in [0.4, 0.5) is 5.69 Å². The van der Waals surface area contributed by atoms with Gasteiger partial charge in [-0.1, -0.05) is 37.3 Å². The Hall–Kier alpha value is -1.83. The largest absolute Gasteiger partial charge is 0.325 e. The second-order valence-corrected chi connectivity index (χ2v) is 8.00. The number of sulfonamides is 1. The fourth-order valence-corrected chi connectivity index (χ4v) is 3.65. The maximum Gasteiger partial charge on any atom is 0.238 e. The van der Waals surface area contributed by atoms with Crippen molar-refractivity contribution in [2.75, 3.05) is 5.32 Å². The van der Waals surface area contributed by atoms with Crippen LogP contribution in [0.15, 0.2) is 59.5 Å². The molecule has 0 aliphatic rings. The zero-order valence-corrected chi connectivity index (χ0v) is 14.9. The van der Waals surface area contributed by atoms with Crippen LogP contribution < -0.4 is 10.5 Å². The molecule has 0 aromatic heterocycles. The van der Waals surface area contributed by atoms with Crippen molar-refractivity contribution in [3.05, 3.63) is 60.2 Å². The van der Waals surface area contributed by atoms with E-state index in [0.717, 1.165) is 5.75 Å². The number of carbonyl (C=O) groups is 1. The number of nitrogens with one attached hydrogen (secondary N) is 1. The zero-order chi connectivity index (χ0) is 17.6.